The topological polar surface area (TPSA) is 110 Å². The lowest BCUT2D eigenvalue weighted by atomic mass is 9.86. The monoisotopic (exact) mass is 306 g/mol. The van der Waals surface area contributed by atoms with Gasteiger partial charge in [-0.25, -0.2) is 0 Å². The molecule has 0 saturated heterocycles. The number of rotatable bonds is 4. The molecule has 2 N–H and O–H groups in total. The smallest absolute Gasteiger partial charge is 0.306 e. The predicted octanol–water partition coefficient (Wildman–Crippen LogP) is 2.28. The first-order valence-corrected chi connectivity index (χ1v) is 7.17. The number of aliphatic carboxylic acids is 1. The lowest BCUT2D eigenvalue weighted by molar-refractivity contribution is -0.385. The Morgan fingerprint density at radius 2 is 1.91 bits per heavy atom. The van der Waals surface area contributed by atoms with Crippen LogP contribution in [0.1, 0.15) is 41.6 Å². The van der Waals surface area contributed by atoms with Gasteiger partial charge in [0.25, 0.3) is 11.6 Å². The normalized spacial score (nSPS) is 21.1. The molecule has 1 aromatic carbocycles. The van der Waals surface area contributed by atoms with E-state index in [1.54, 1.807) is 19.1 Å². The Hall–Kier alpha value is -2.44. The van der Waals surface area contributed by atoms with E-state index in [0.717, 1.165) is 0 Å². The Morgan fingerprint density at radius 1 is 1.27 bits per heavy atom. The summed E-state index contributed by atoms with van der Waals surface area (Å²) in [5, 5.41) is 22.7. The molecule has 1 fully saturated rings. The summed E-state index contributed by atoms with van der Waals surface area (Å²) in [4.78, 5) is 33.4. The molecule has 0 heterocycles. The van der Waals surface area contributed by atoms with Gasteiger partial charge in [-0.15, -0.1) is 0 Å². The molecule has 1 aliphatic rings. The number of nitrogens with zero attached hydrogens (tertiary/aromatic N) is 1. The third-order valence-electron chi connectivity index (χ3n) is 4.08. The third kappa shape index (κ3) is 3.60. The van der Waals surface area contributed by atoms with Crippen molar-refractivity contribution in [3.63, 3.8) is 0 Å². The molecule has 2 rings (SSSR count). The number of nitro groups is 1. The molecule has 0 unspecified atom stereocenters. The highest BCUT2D eigenvalue weighted by Gasteiger charge is 2.27. The quantitative estimate of drug-likeness (QED) is 0.655. The number of carboxylic acid groups (broad SMARTS) is 1. The van der Waals surface area contributed by atoms with Crippen LogP contribution in [-0.2, 0) is 4.79 Å². The number of nitrogens with one attached hydrogen (secondary N) is 1. The first-order valence-electron chi connectivity index (χ1n) is 7.17. The van der Waals surface area contributed by atoms with Gasteiger partial charge in [0.05, 0.1) is 10.8 Å². The zero-order chi connectivity index (χ0) is 16.3. The molecule has 0 aromatic heterocycles. The Bertz CT molecular complexity index is 606. The van der Waals surface area contributed by atoms with Gasteiger partial charge in [-0.1, -0.05) is 6.07 Å². The van der Waals surface area contributed by atoms with Crippen LogP contribution in [0.15, 0.2) is 18.2 Å². The molecule has 1 saturated carbocycles. The van der Waals surface area contributed by atoms with Gasteiger partial charge in [0, 0.05) is 23.2 Å². The SMILES string of the molecule is Cc1ccc(C(=O)NC2CCC(C(=O)O)CC2)cc1[N+](=O)[O-]. The Kier molecular flexibility index (Phi) is 4.75. The van der Waals surface area contributed by atoms with E-state index in [-0.39, 0.29) is 29.1 Å². The summed E-state index contributed by atoms with van der Waals surface area (Å²) in [6.07, 6.45) is 2.29. The van der Waals surface area contributed by atoms with Crippen LogP contribution in [0.3, 0.4) is 0 Å². The maximum absolute atomic E-state index is 12.2. The number of aryl methyl sites for hydroxylation is 1. The lowest BCUT2D eigenvalue weighted by Crippen LogP contribution is -2.38. The van der Waals surface area contributed by atoms with Crippen molar-refractivity contribution in [1.82, 2.24) is 5.32 Å². The molecule has 0 aliphatic heterocycles. The summed E-state index contributed by atoms with van der Waals surface area (Å²) in [6, 6.07) is 4.30. The second-order valence-corrected chi connectivity index (χ2v) is 5.62. The third-order valence-corrected chi connectivity index (χ3v) is 4.08. The number of hydrogen-bond acceptors (Lipinski definition) is 4. The van der Waals surface area contributed by atoms with Crippen LogP contribution in [0.2, 0.25) is 0 Å². The Labute approximate surface area is 127 Å². The van der Waals surface area contributed by atoms with E-state index in [0.29, 0.717) is 31.2 Å². The number of nitro benzene ring substituents is 1. The molecular formula is C15H18N2O5. The second kappa shape index (κ2) is 6.55. The van der Waals surface area contributed by atoms with E-state index in [1.807, 2.05) is 0 Å². The maximum Gasteiger partial charge on any atom is 0.306 e. The summed E-state index contributed by atoms with van der Waals surface area (Å²) in [7, 11) is 0. The van der Waals surface area contributed by atoms with E-state index in [2.05, 4.69) is 5.32 Å². The summed E-state index contributed by atoms with van der Waals surface area (Å²) in [5.74, 6) is -1.49. The van der Waals surface area contributed by atoms with Crippen molar-refractivity contribution in [3.8, 4) is 0 Å². The molecule has 0 radical (unpaired) electrons. The lowest BCUT2D eigenvalue weighted by Gasteiger charge is -2.26. The van der Waals surface area contributed by atoms with Gasteiger partial charge in [-0.3, -0.25) is 19.7 Å². The molecular weight excluding hydrogens is 288 g/mol. The van der Waals surface area contributed by atoms with Gasteiger partial charge in [0.2, 0.25) is 0 Å². The molecule has 1 aliphatic carbocycles. The van der Waals surface area contributed by atoms with Crippen molar-refractivity contribution in [2.45, 2.75) is 38.6 Å². The molecule has 1 amide bonds. The summed E-state index contributed by atoms with van der Waals surface area (Å²) >= 11 is 0. The number of carbonyl (C=O) groups is 2. The molecule has 7 nitrogen and oxygen atoms in total. The van der Waals surface area contributed by atoms with Crippen LogP contribution < -0.4 is 5.32 Å². The average molecular weight is 306 g/mol. The highest BCUT2D eigenvalue weighted by atomic mass is 16.6. The average Bonchev–Trinajstić information content (AvgIpc) is 2.47. The van der Waals surface area contributed by atoms with Crippen molar-refractivity contribution >= 4 is 17.6 Å². The number of hydrogen-bond donors (Lipinski definition) is 2. The maximum atomic E-state index is 12.2. The van der Waals surface area contributed by atoms with Crippen LogP contribution in [0.5, 0.6) is 0 Å². The molecule has 0 atom stereocenters. The van der Waals surface area contributed by atoms with Crippen LogP contribution >= 0.6 is 0 Å². The van der Waals surface area contributed by atoms with Crippen molar-refractivity contribution in [3.05, 3.63) is 39.4 Å². The molecule has 22 heavy (non-hydrogen) atoms. The van der Waals surface area contributed by atoms with Crippen molar-refractivity contribution < 1.29 is 19.6 Å². The molecule has 7 heteroatoms. The zero-order valence-electron chi connectivity index (χ0n) is 12.2. The second-order valence-electron chi connectivity index (χ2n) is 5.62. The van der Waals surface area contributed by atoms with Gasteiger partial charge in [0.1, 0.15) is 0 Å². The van der Waals surface area contributed by atoms with Crippen molar-refractivity contribution in [2.24, 2.45) is 5.92 Å². The Morgan fingerprint density at radius 3 is 2.45 bits per heavy atom. The summed E-state index contributed by atoms with van der Waals surface area (Å²) < 4.78 is 0. The fourth-order valence-corrected chi connectivity index (χ4v) is 2.70. The molecule has 1 aromatic rings. The van der Waals surface area contributed by atoms with Gasteiger partial charge in [-0.05, 0) is 38.7 Å². The first-order chi connectivity index (χ1) is 10.4. The first kappa shape index (κ1) is 15.9. The minimum absolute atomic E-state index is 0.0801. The van der Waals surface area contributed by atoms with E-state index >= 15 is 0 Å². The zero-order valence-corrected chi connectivity index (χ0v) is 12.2. The minimum atomic E-state index is -0.793. The molecule has 0 spiro atoms. The van der Waals surface area contributed by atoms with Crippen molar-refractivity contribution in [1.29, 1.82) is 0 Å². The van der Waals surface area contributed by atoms with Gasteiger partial charge in [0.15, 0.2) is 0 Å². The fourth-order valence-electron chi connectivity index (χ4n) is 2.70. The number of carbonyl (C=O) groups excluding carboxylic acids is 1. The van der Waals surface area contributed by atoms with Crippen molar-refractivity contribution in [2.75, 3.05) is 0 Å². The number of amides is 1. The van der Waals surface area contributed by atoms with E-state index < -0.39 is 10.9 Å². The minimum Gasteiger partial charge on any atom is -0.481 e. The highest BCUT2D eigenvalue weighted by Crippen LogP contribution is 2.25. The van der Waals surface area contributed by atoms with Crippen LogP contribution in [0.4, 0.5) is 5.69 Å². The fraction of sp³-hybridized carbons (Fsp3) is 0.467. The molecule has 118 valence electrons. The van der Waals surface area contributed by atoms with Gasteiger partial charge >= 0.3 is 5.97 Å². The largest absolute Gasteiger partial charge is 0.481 e. The predicted molar refractivity (Wildman–Crippen MR) is 78.7 cm³/mol. The Balaban J connectivity index is 2.00. The van der Waals surface area contributed by atoms with E-state index in [4.69, 9.17) is 5.11 Å². The van der Waals surface area contributed by atoms with E-state index in [9.17, 15) is 19.7 Å². The van der Waals surface area contributed by atoms with E-state index in [1.165, 1.54) is 6.07 Å². The standard InChI is InChI=1S/C15H18N2O5/c1-9-2-3-11(8-13(9)17(21)22)14(18)16-12-6-4-10(5-7-12)15(19)20/h2-3,8,10,12H,4-7H2,1H3,(H,16,18)(H,19,20). The van der Waals surface area contributed by atoms with Crippen LogP contribution in [0.25, 0.3) is 0 Å². The summed E-state index contributed by atoms with van der Waals surface area (Å²) in [5.41, 5.74) is 0.670. The van der Waals surface area contributed by atoms with Crippen LogP contribution in [-0.4, -0.2) is 27.9 Å². The van der Waals surface area contributed by atoms with Gasteiger partial charge < -0.3 is 10.4 Å². The van der Waals surface area contributed by atoms with Crippen LogP contribution in [0, 0.1) is 23.0 Å². The molecule has 0 bridgehead atoms. The van der Waals surface area contributed by atoms with Gasteiger partial charge in [-0.2, -0.15) is 0 Å². The summed E-state index contributed by atoms with van der Waals surface area (Å²) in [6.45, 7) is 1.62. The number of benzene rings is 1. The highest BCUT2D eigenvalue weighted by molar-refractivity contribution is 5.95. The number of carboxylic acids is 1.